The van der Waals surface area contributed by atoms with Crippen molar-refractivity contribution in [3.05, 3.63) is 46.6 Å². The number of rotatable bonds is 1. The Bertz CT molecular complexity index is 494. The second-order valence-electron chi connectivity index (χ2n) is 2.92. The smallest absolute Gasteiger partial charge is 0.101 e. The van der Waals surface area contributed by atoms with Crippen LogP contribution in [-0.2, 0) is 0 Å². The molecule has 0 atom stereocenters. The van der Waals surface area contributed by atoms with E-state index in [4.69, 9.17) is 5.26 Å². The number of nitriles is 1. The monoisotopic (exact) mass is 246 g/mol. The molecule has 1 aromatic carbocycles. The molecule has 0 saturated carbocycles. The van der Waals surface area contributed by atoms with Crippen molar-refractivity contribution in [3.63, 3.8) is 0 Å². The zero-order valence-corrected chi connectivity index (χ0v) is 8.88. The number of benzene rings is 1. The predicted octanol–water partition coefficient (Wildman–Crippen LogP) is 3.32. The number of H-pyrrole nitrogens is 1. The molecule has 14 heavy (non-hydrogen) atoms. The van der Waals surface area contributed by atoms with Gasteiger partial charge in [0.15, 0.2) is 0 Å². The van der Waals surface area contributed by atoms with Gasteiger partial charge in [0.1, 0.15) is 6.07 Å². The molecule has 0 radical (unpaired) electrons. The molecule has 2 nitrogen and oxygen atoms in total. The van der Waals surface area contributed by atoms with Crippen LogP contribution in [0, 0.1) is 11.3 Å². The van der Waals surface area contributed by atoms with E-state index in [0.29, 0.717) is 5.56 Å². The van der Waals surface area contributed by atoms with Crippen molar-refractivity contribution in [2.24, 2.45) is 0 Å². The van der Waals surface area contributed by atoms with Gasteiger partial charge in [0.25, 0.3) is 0 Å². The summed E-state index contributed by atoms with van der Waals surface area (Å²) in [5.74, 6) is 0. The van der Waals surface area contributed by atoms with Crippen molar-refractivity contribution in [1.29, 1.82) is 5.26 Å². The molecule has 2 rings (SSSR count). The SMILES string of the molecule is N#Cc1c[nH]c(-c2cccc(Br)c2)c1. The molecule has 0 bridgehead atoms. The lowest BCUT2D eigenvalue weighted by Crippen LogP contribution is -1.75. The molecule has 2 aromatic rings. The third kappa shape index (κ3) is 1.70. The van der Waals surface area contributed by atoms with E-state index >= 15 is 0 Å². The summed E-state index contributed by atoms with van der Waals surface area (Å²) in [4.78, 5) is 3.06. The highest BCUT2D eigenvalue weighted by Gasteiger charge is 2.01. The minimum Gasteiger partial charge on any atom is -0.360 e. The van der Waals surface area contributed by atoms with Crippen LogP contribution >= 0.6 is 15.9 Å². The maximum absolute atomic E-state index is 8.67. The number of aromatic amines is 1. The number of halogens is 1. The van der Waals surface area contributed by atoms with Crippen molar-refractivity contribution in [3.8, 4) is 17.3 Å². The lowest BCUT2D eigenvalue weighted by molar-refractivity contribution is 1.39. The van der Waals surface area contributed by atoms with Gasteiger partial charge in [0, 0.05) is 16.4 Å². The molecule has 0 amide bonds. The molecule has 0 fully saturated rings. The van der Waals surface area contributed by atoms with Gasteiger partial charge in [-0.15, -0.1) is 0 Å². The van der Waals surface area contributed by atoms with E-state index in [1.54, 1.807) is 6.20 Å². The highest BCUT2D eigenvalue weighted by molar-refractivity contribution is 9.10. The Morgan fingerprint density at radius 2 is 2.14 bits per heavy atom. The summed E-state index contributed by atoms with van der Waals surface area (Å²) in [6, 6.07) is 11.9. The second-order valence-corrected chi connectivity index (χ2v) is 3.84. The summed E-state index contributed by atoms with van der Waals surface area (Å²) in [6.45, 7) is 0. The van der Waals surface area contributed by atoms with Crippen LogP contribution in [0.5, 0.6) is 0 Å². The number of aromatic nitrogens is 1. The van der Waals surface area contributed by atoms with Crippen LogP contribution in [-0.4, -0.2) is 4.98 Å². The molecule has 0 aliphatic rings. The van der Waals surface area contributed by atoms with E-state index in [9.17, 15) is 0 Å². The van der Waals surface area contributed by atoms with Crippen LogP contribution < -0.4 is 0 Å². The third-order valence-corrected chi connectivity index (χ3v) is 2.44. The molecule has 0 saturated heterocycles. The Kier molecular flexibility index (Phi) is 2.38. The van der Waals surface area contributed by atoms with Gasteiger partial charge < -0.3 is 4.98 Å². The summed E-state index contributed by atoms with van der Waals surface area (Å²) in [5.41, 5.74) is 2.68. The van der Waals surface area contributed by atoms with Crippen LogP contribution in [0.2, 0.25) is 0 Å². The van der Waals surface area contributed by atoms with Gasteiger partial charge in [-0.1, -0.05) is 28.1 Å². The van der Waals surface area contributed by atoms with Gasteiger partial charge in [0.05, 0.1) is 5.56 Å². The molecule has 0 spiro atoms. The average Bonchev–Trinajstić information content (AvgIpc) is 2.66. The topological polar surface area (TPSA) is 39.6 Å². The van der Waals surface area contributed by atoms with E-state index in [1.165, 1.54) is 0 Å². The van der Waals surface area contributed by atoms with Gasteiger partial charge in [0.2, 0.25) is 0 Å². The van der Waals surface area contributed by atoms with E-state index in [-0.39, 0.29) is 0 Å². The Balaban J connectivity index is 2.45. The van der Waals surface area contributed by atoms with Gasteiger partial charge in [-0.3, -0.25) is 0 Å². The van der Waals surface area contributed by atoms with E-state index in [1.807, 2.05) is 30.3 Å². The molecule has 3 heteroatoms. The lowest BCUT2D eigenvalue weighted by atomic mass is 10.1. The van der Waals surface area contributed by atoms with Crippen molar-refractivity contribution in [2.75, 3.05) is 0 Å². The van der Waals surface area contributed by atoms with Crippen LogP contribution in [0.15, 0.2) is 41.0 Å². The maximum Gasteiger partial charge on any atom is 0.101 e. The minimum absolute atomic E-state index is 0.653. The molecular weight excluding hydrogens is 240 g/mol. The number of hydrogen-bond acceptors (Lipinski definition) is 1. The van der Waals surface area contributed by atoms with Gasteiger partial charge in [-0.2, -0.15) is 5.26 Å². The first-order valence-electron chi connectivity index (χ1n) is 4.14. The van der Waals surface area contributed by atoms with Crippen LogP contribution in [0.1, 0.15) is 5.56 Å². The molecule has 1 aromatic heterocycles. The zero-order valence-electron chi connectivity index (χ0n) is 7.29. The van der Waals surface area contributed by atoms with Gasteiger partial charge >= 0.3 is 0 Å². The van der Waals surface area contributed by atoms with Crippen molar-refractivity contribution in [1.82, 2.24) is 4.98 Å². The third-order valence-electron chi connectivity index (χ3n) is 1.95. The fourth-order valence-electron chi connectivity index (χ4n) is 1.28. The molecular formula is C11H7BrN2. The standard InChI is InChI=1S/C11H7BrN2/c12-10-3-1-2-9(5-10)11-4-8(6-13)7-14-11/h1-5,7,14H. The second kappa shape index (κ2) is 3.69. The molecule has 0 aliphatic carbocycles. The lowest BCUT2D eigenvalue weighted by Gasteiger charge is -1.97. The summed E-state index contributed by atoms with van der Waals surface area (Å²) >= 11 is 3.40. The first-order valence-corrected chi connectivity index (χ1v) is 4.93. The number of nitrogens with one attached hydrogen (secondary N) is 1. The van der Waals surface area contributed by atoms with Crippen LogP contribution in [0.25, 0.3) is 11.3 Å². The summed E-state index contributed by atoms with van der Waals surface area (Å²) in [5, 5.41) is 8.67. The van der Waals surface area contributed by atoms with Crippen molar-refractivity contribution in [2.45, 2.75) is 0 Å². The largest absolute Gasteiger partial charge is 0.360 e. The van der Waals surface area contributed by atoms with Gasteiger partial charge in [-0.05, 0) is 23.8 Å². The average molecular weight is 247 g/mol. The van der Waals surface area contributed by atoms with E-state index in [0.717, 1.165) is 15.7 Å². The molecule has 68 valence electrons. The summed E-state index contributed by atoms with van der Waals surface area (Å²) < 4.78 is 1.03. The fourth-order valence-corrected chi connectivity index (χ4v) is 1.68. The number of nitrogens with zero attached hydrogens (tertiary/aromatic N) is 1. The normalized spacial score (nSPS) is 9.71. The molecule has 1 N–H and O–H groups in total. The van der Waals surface area contributed by atoms with Crippen molar-refractivity contribution >= 4 is 15.9 Å². The molecule has 0 unspecified atom stereocenters. The van der Waals surface area contributed by atoms with Crippen molar-refractivity contribution < 1.29 is 0 Å². The van der Waals surface area contributed by atoms with Crippen LogP contribution in [0.3, 0.4) is 0 Å². The fraction of sp³-hybridized carbons (Fsp3) is 0. The highest BCUT2D eigenvalue weighted by Crippen LogP contribution is 2.22. The first-order chi connectivity index (χ1) is 6.79. The van der Waals surface area contributed by atoms with Gasteiger partial charge in [-0.25, -0.2) is 0 Å². The molecule has 0 aliphatic heterocycles. The molecule has 1 heterocycles. The highest BCUT2D eigenvalue weighted by atomic mass is 79.9. The summed E-state index contributed by atoms with van der Waals surface area (Å²) in [6.07, 6.45) is 1.70. The maximum atomic E-state index is 8.67. The predicted molar refractivity (Wildman–Crippen MR) is 58.6 cm³/mol. The van der Waals surface area contributed by atoms with E-state index < -0.39 is 0 Å². The Labute approximate surface area is 90.3 Å². The van der Waals surface area contributed by atoms with Crippen LogP contribution in [0.4, 0.5) is 0 Å². The summed E-state index contributed by atoms with van der Waals surface area (Å²) in [7, 11) is 0. The number of hydrogen-bond donors (Lipinski definition) is 1. The first kappa shape index (κ1) is 9.04. The minimum atomic E-state index is 0.653. The van der Waals surface area contributed by atoms with E-state index in [2.05, 4.69) is 27.0 Å². The Morgan fingerprint density at radius 1 is 1.29 bits per heavy atom. The zero-order chi connectivity index (χ0) is 9.97. The Morgan fingerprint density at radius 3 is 2.79 bits per heavy atom. The Hall–Kier alpha value is -1.53. The quantitative estimate of drug-likeness (QED) is 0.824.